The monoisotopic (exact) mass is 538 g/mol. The van der Waals surface area contributed by atoms with Crippen LogP contribution in [0.3, 0.4) is 0 Å². The van der Waals surface area contributed by atoms with E-state index in [9.17, 15) is 14.4 Å². The molecule has 0 aromatic heterocycles. The van der Waals surface area contributed by atoms with Gasteiger partial charge in [0.2, 0.25) is 5.91 Å². The number of amides is 4. The zero-order valence-electron chi connectivity index (χ0n) is 20.4. The van der Waals surface area contributed by atoms with Crippen LogP contribution in [0.1, 0.15) is 22.8 Å². The van der Waals surface area contributed by atoms with Crippen LogP contribution in [-0.2, 0) is 11.2 Å². The summed E-state index contributed by atoms with van der Waals surface area (Å²) in [5.41, 5.74) is 1.88. The molecular weight excluding hydrogens is 511 g/mol. The minimum atomic E-state index is -0.816. The average Bonchev–Trinajstić information content (AvgIpc) is 2.91. The second-order valence-corrected chi connectivity index (χ2v) is 9.73. The lowest BCUT2D eigenvalue weighted by Gasteiger charge is -2.41. The highest BCUT2D eigenvalue weighted by atomic mass is 35.5. The van der Waals surface area contributed by atoms with Gasteiger partial charge in [-0.1, -0.05) is 77.8 Å². The van der Waals surface area contributed by atoms with Gasteiger partial charge in [0.15, 0.2) is 0 Å². The molecule has 2 N–H and O–H groups in total. The van der Waals surface area contributed by atoms with Gasteiger partial charge >= 0.3 is 6.03 Å². The first-order valence-corrected chi connectivity index (χ1v) is 12.8. The van der Waals surface area contributed by atoms with Crippen LogP contribution in [0.4, 0.5) is 10.5 Å². The van der Waals surface area contributed by atoms with Gasteiger partial charge in [-0.3, -0.25) is 9.59 Å². The SMILES string of the molecule is CC1CN(C(=O)C(Cc2ccccc2)NC(=O)Nc2cccc(Cl)c2Cl)CCN1C(=O)c1ccccc1. The molecular formula is C28H28Cl2N4O3. The fourth-order valence-corrected chi connectivity index (χ4v) is 4.74. The van der Waals surface area contributed by atoms with Crippen LogP contribution in [-0.4, -0.2) is 59.4 Å². The maximum Gasteiger partial charge on any atom is 0.319 e. The molecule has 0 spiro atoms. The van der Waals surface area contributed by atoms with Gasteiger partial charge in [-0.15, -0.1) is 0 Å². The lowest BCUT2D eigenvalue weighted by molar-refractivity contribution is -0.135. The number of carbonyl (C=O) groups is 3. The summed E-state index contributed by atoms with van der Waals surface area (Å²) in [5.74, 6) is -0.271. The summed E-state index contributed by atoms with van der Waals surface area (Å²) in [6.07, 6.45) is 0.313. The molecule has 2 atom stereocenters. The molecule has 0 saturated carbocycles. The highest BCUT2D eigenvalue weighted by Gasteiger charge is 2.34. The Morgan fingerprint density at radius 3 is 2.27 bits per heavy atom. The average molecular weight is 539 g/mol. The minimum Gasteiger partial charge on any atom is -0.337 e. The smallest absolute Gasteiger partial charge is 0.319 e. The van der Waals surface area contributed by atoms with Gasteiger partial charge in [-0.2, -0.15) is 0 Å². The second-order valence-electron chi connectivity index (χ2n) is 8.94. The number of piperazine rings is 1. The first-order valence-electron chi connectivity index (χ1n) is 12.0. The van der Waals surface area contributed by atoms with E-state index < -0.39 is 12.1 Å². The Morgan fingerprint density at radius 2 is 1.59 bits per heavy atom. The van der Waals surface area contributed by atoms with Crippen molar-refractivity contribution in [3.8, 4) is 0 Å². The Hall–Kier alpha value is -3.55. The predicted molar refractivity (Wildman–Crippen MR) is 146 cm³/mol. The third kappa shape index (κ3) is 6.61. The van der Waals surface area contributed by atoms with Crippen molar-refractivity contribution in [2.75, 3.05) is 25.0 Å². The number of hydrogen-bond acceptors (Lipinski definition) is 3. The van der Waals surface area contributed by atoms with Crippen molar-refractivity contribution in [2.24, 2.45) is 0 Å². The van der Waals surface area contributed by atoms with Crippen LogP contribution in [0.2, 0.25) is 10.0 Å². The Bertz CT molecular complexity index is 1260. The number of benzene rings is 3. The fourth-order valence-electron chi connectivity index (χ4n) is 4.39. The highest BCUT2D eigenvalue weighted by molar-refractivity contribution is 6.44. The van der Waals surface area contributed by atoms with E-state index in [2.05, 4.69) is 10.6 Å². The zero-order chi connectivity index (χ0) is 26.4. The third-order valence-electron chi connectivity index (χ3n) is 6.31. The van der Waals surface area contributed by atoms with Gasteiger partial charge < -0.3 is 20.4 Å². The number of nitrogens with zero attached hydrogens (tertiary/aromatic N) is 2. The van der Waals surface area contributed by atoms with Crippen LogP contribution in [0.5, 0.6) is 0 Å². The van der Waals surface area contributed by atoms with Crippen LogP contribution in [0.15, 0.2) is 78.9 Å². The Labute approximate surface area is 226 Å². The molecule has 1 aliphatic rings. The normalized spacial score (nSPS) is 16.1. The van der Waals surface area contributed by atoms with Gasteiger partial charge in [0.1, 0.15) is 6.04 Å². The molecule has 3 aromatic rings. The second kappa shape index (κ2) is 12.1. The van der Waals surface area contributed by atoms with Crippen molar-refractivity contribution in [2.45, 2.75) is 25.4 Å². The van der Waals surface area contributed by atoms with Crippen LogP contribution < -0.4 is 10.6 Å². The number of carbonyl (C=O) groups excluding carboxylic acids is 3. The maximum absolute atomic E-state index is 13.6. The highest BCUT2D eigenvalue weighted by Crippen LogP contribution is 2.29. The molecule has 1 fully saturated rings. The van der Waals surface area contributed by atoms with E-state index in [1.54, 1.807) is 40.1 Å². The topological polar surface area (TPSA) is 81.8 Å². The summed E-state index contributed by atoms with van der Waals surface area (Å²) < 4.78 is 0. The molecule has 1 heterocycles. The summed E-state index contributed by atoms with van der Waals surface area (Å²) in [7, 11) is 0. The summed E-state index contributed by atoms with van der Waals surface area (Å²) in [6, 6.07) is 22.0. The summed E-state index contributed by atoms with van der Waals surface area (Å²) >= 11 is 12.3. The molecule has 37 heavy (non-hydrogen) atoms. The molecule has 1 saturated heterocycles. The third-order valence-corrected chi connectivity index (χ3v) is 7.13. The fraction of sp³-hybridized carbons (Fsp3) is 0.250. The van der Waals surface area contributed by atoms with E-state index in [4.69, 9.17) is 23.2 Å². The van der Waals surface area contributed by atoms with E-state index in [0.29, 0.717) is 42.3 Å². The number of halogens is 2. The molecule has 0 radical (unpaired) electrons. The molecule has 2 unspecified atom stereocenters. The molecule has 4 rings (SSSR count). The lowest BCUT2D eigenvalue weighted by atomic mass is 10.0. The van der Waals surface area contributed by atoms with E-state index in [1.165, 1.54) is 0 Å². The predicted octanol–water partition coefficient (Wildman–Crippen LogP) is 5.10. The summed E-state index contributed by atoms with van der Waals surface area (Å²) in [6.45, 7) is 3.07. The Balaban J connectivity index is 1.46. The van der Waals surface area contributed by atoms with Crippen molar-refractivity contribution in [3.63, 3.8) is 0 Å². The van der Waals surface area contributed by atoms with E-state index >= 15 is 0 Å². The van der Waals surface area contributed by atoms with Crippen molar-refractivity contribution in [1.29, 1.82) is 0 Å². The molecule has 4 amide bonds. The number of rotatable bonds is 6. The van der Waals surface area contributed by atoms with E-state index in [-0.39, 0.29) is 22.9 Å². The molecule has 0 bridgehead atoms. The molecule has 0 aliphatic carbocycles. The molecule has 1 aliphatic heterocycles. The van der Waals surface area contributed by atoms with Crippen molar-refractivity contribution in [3.05, 3.63) is 100 Å². The minimum absolute atomic E-state index is 0.0584. The van der Waals surface area contributed by atoms with Gasteiger partial charge in [0, 0.05) is 37.7 Å². The van der Waals surface area contributed by atoms with Crippen LogP contribution in [0, 0.1) is 0 Å². The number of nitrogens with one attached hydrogen (secondary N) is 2. The number of anilines is 1. The summed E-state index contributed by atoms with van der Waals surface area (Å²) in [5, 5.41) is 6.03. The number of hydrogen-bond donors (Lipinski definition) is 2. The number of urea groups is 1. The molecule has 9 heteroatoms. The van der Waals surface area contributed by atoms with Crippen molar-refractivity contribution >= 4 is 46.7 Å². The largest absolute Gasteiger partial charge is 0.337 e. The summed E-state index contributed by atoms with van der Waals surface area (Å²) in [4.78, 5) is 43.0. The van der Waals surface area contributed by atoms with Gasteiger partial charge in [0.25, 0.3) is 5.91 Å². The Kier molecular flexibility index (Phi) is 8.69. The van der Waals surface area contributed by atoms with E-state index in [0.717, 1.165) is 5.56 Å². The van der Waals surface area contributed by atoms with Gasteiger partial charge in [-0.05, 0) is 36.8 Å². The van der Waals surface area contributed by atoms with Crippen molar-refractivity contribution in [1.82, 2.24) is 15.1 Å². The first-order chi connectivity index (χ1) is 17.8. The van der Waals surface area contributed by atoms with Crippen LogP contribution in [0.25, 0.3) is 0 Å². The molecule has 192 valence electrons. The maximum atomic E-state index is 13.6. The Morgan fingerprint density at radius 1 is 0.919 bits per heavy atom. The molecule has 3 aromatic carbocycles. The molecule has 7 nitrogen and oxygen atoms in total. The quantitative estimate of drug-likeness (QED) is 0.458. The van der Waals surface area contributed by atoms with Crippen molar-refractivity contribution < 1.29 is 14.4 Å². The van der Waals surface area contributed by atoms with Gasteiger partial charge in [-0.25, -0.2) is 4.79 Å². The van der Waals surface area contributed by atoms with Gasteiger partial charge in [0.05, 0.1) is 15.7 Å². The zero-order valence-corrected chi connectivity index (χ0v) is 21.9. The van der Waals surface area contributed by atoms with Crippen LogP contribution >= 0.6 is 23.2 Å². The van der Waals surface area contributed by atoms with E-state index in [1.807, 2.05) is 55.5 Å². The lowest BCUT2D eigenvalue weighted by Crippen LogP contribution is -2.59. The first kappa shape index (κ1) is 26.5. The standard InChI is InChI=1S/C28H28Cl2N4O3/c1-19-18-33(15-16-34(19)26(35)21-11-6-3-7-12-21)27(36)24(17-20-9-4-2-5-10-20)32-28(37)31-23-14-8-13-22(29)25(23)30/h2-14,19,24H,15-18H2,1H3,(H2,31,32,37).